The number of benzene rings is 2. The van der Waals surface area contributed by atoms with Gasteiger partial charge in [-0.05, 0) is 75.6 Å². The Morgan fingerprint density at radius 3 is 2.05 bits per heavy atom. The van der Waals surface area contributed by atoms with Crippen molar-refractivity contribution < 1.29 is 19.1 Å². The van der Waals surface area contributed by atoms with Crippen LogP contribution in [0.1, 0.15) is 115 Å². The number of nitrogens with one attached hydrogen (secondary N) is 2. The molecule has 7 heteroatoms. The average Bonchev–Trinajstić information content (AvgIpc) is 2.92. The van der Waals surface area contributed by atoms with Crippen LogP contribution in [0.3, 0.4) is 0 Å². The van der Waals surface area contributed by atoms with Crippen molar-refractivity contribution in [3.05, 3.63) is 70.8 Å². The number of carbonyl (C=O) groups excluding carboxylic acids is 3. The van der Waals surface area contributed by atoms with Gasteiger partial charge in [-0.1, -0.05) is 101 Å². The summed E-state index contributed by atoms with van der Waals surface area (Å²) >= 11 is 0. The Balaban J connectivity index is 2.52. The lowest BCUT2D eigenvalue weighted by molar-refractivity contribution is -0.143. The first kappa shape index (κ1) is 35.8. The molecule has 3 amide bonds. The highest BCUT2D eigenvalue weighted by atomic mass is 16.6. The van der Waals surface area contributed by atoms with Crippen molar-refractivity contribution in [3.8, 4) is 0 Å². The van der Waals surface area contributed by atoms with E-state index in [9.17, 15) is 14.4 Å². The average molecular weight is 594 g/mol. The fourth-order valence-electron chi connectivity index (χ4n) is 5.34. The zero-order valence-electron chi connectivity index (χ0n) is 27.8. The van der Waals surface area contributed by atoms with Gasteiger partial charge >= 0.3 is 6.09 Å². The molecule has 2 aromatic carbocycles. The van der Waals surface area contributed by atoms with Gasteiger partial charge in [-0.3, -0.25) is 9.59 Å². The van der Waals surface area contributed by atoms with Crippen molar-refractivity contribution in [2.24, 2.45) is 5.92 Å². The second-order valence-electron chi connectivity index (χ2n) is 13.0. The van der Waals surface area contributed by atoms with E-state index in [4.69, 9.17) is 4.74 Å². The highest BCUT2D eigenvalue weighted by Crippen LogP contribution is 2.30. The van der Waals surface area contributed by atoms with E-state index in [1.807, 2.05) is 76.2 Å². The predicted molar refractivity (Wildman–Crippen MR) is 175 cm³/mol. The molecule has 0 aliphatic carbocycles. The SMILES string of the molecule is CCCCCCCCN(C(=O)C(CC(C)C)NC(=O)OC(C)(C)C)C(C(=O)NCc1ccccc1)c1c(C)cccc1C. The second-order valence-corrected chi connectivity index (χ2v) is 13.0. The molecule has 238 valence electrons. The van der Waals surface area contributed by atoms with Crippen LogP contribution in [-0.2, 0) is 20.9 Å². The molecule has 0 aliphatic heterocycles. The van der Waals surface area contributed by atoms with E-state index in [2.05, 4.69) is 17.6 Å². The van der Waals surface area contributed by atoms with Crippen molar-refractivity contribution in [2.75, 3.05) is 6.54 Å². The number of aryl methyl sites for hydroxylation is 2. The van der Waals surface area contributed by atoms with Gasteiger partial charge in [-0.2, -0.15) is 0 Å². The van der Waals surface area contributed by atoms with Gasteiger partial charge in [-0.25, -0.2) is 4.79 Å². The highest BCUT2D eigenvalue weighted by molar-refractivity contribution is 5.92. The second kappa shape index (κ2) is 17.7. The van der Waals surface area contributed by atoms with Crippen molar-refractivity contribution in [1.29, 1.82) is 0 Å². The van der Waals surface area contributed by atoms with Crippen LogP contribution >= 0.6 is 0 Å². The predicted octanol–water partition coefficient (Wildman–Crippen LogP) is 7.79. The standard InChI is InChI=1S/C36H55N3O4/c1-9-10-11-12-13-17-23-39(34(41)30(24-26(2)3)38-35(42)43-36(6,7)8)32(31-27(4)19-18-20-28(31)5)33(40)37-25-29-21-15-14-16-22-29/h14-16,18-22,26,30,32H,9-13,17,23-25H2,1-8H3,(H,37,40)(H,38,42). The molecule has 2 unspecified atom stereocenters. The number of unbranched alkanes of at least 4 members (excludes halogenated alkanes) is 5. The summed E-state index contributed by atoms with van der Waals surface area (Å²) in [7, 11) is 0. The Hall–Kier alpha value is -3.35. The molecule has 0 saturated heterocycles. The zero-order valence-corrected chi connectivity index (χ0v) is 27.8. The van der Waals surface area contributed by atoms with Crippen LogP contribution in [0.15, 0.2) is 48.5 Å². The smallest absolute Gasteiger partial charge is 0.408 e. The minimum Gasteiger partial charge on any atom is -0.444 e. The summed E-state index contributed by atoms with van der Waals surface area (Å²) in [5, 5.41) is 5.96. The molecule has 0 aliphatic rings. The summed E-state index contributed by atoms with van der Waals surface area (Å²) in [4.78, 5) is 43.3. The van der Waals surface area contributed by atoms with Gasteiger partial charge in [0.2, 0.25) is 11.8 Å². The maximum absolute atomic E-state index is 14.5. The molecule has 0 spiro atoms. The number of hydrogen-bond donors (Lipinski definition) is 2. The molecule has 2 atom stereocenters. The van der Waals surface area contributed by atoms with Crippen molar-refractivity contribution in [3.63, 3.8) is 0 Å². The van der Waals surface area contributed by atoms with E-state index in [0.717, 1.165) is 54.4 Å². The molecule has 2 N–H and O–H groups in total. The normalized spacial score (nSPS) is 12.9. The van der Waals surface area contributed by atoms with Crippen LogP contribution in [-0.4, -0.2) is 41.0 Å². The summed E-state index contributed by atoms with van der Waals surface area (Å²) in [6.45, 7) is 16.3. The topological polar surface area (TPSA) is 87.7 Å². The molecular weight excluding hydrogens is 538 g/mol. The van der Waals surface area contributed by atoms with Crippen LogP contribution in [0.5, 0.6) is 0 Å². The molecule has 0 bridgehead atoms. The van der Waals surface area contributed by atoms with Gasteiger partial charge in [0.25, 0.3) is 0 Å². The molecule has 2 aromatic rings. The van der Waals surface area contributed by atoms with Crippen molar-refractivity contribution in [1.82, 2.24) is 15.5 Å². The summed E-state index contributed by atoms with van der Waals surface area (Å²) in [6.07, 6.45) is 6.10. The van der Waals surface area contributed by atoms with Crippen molar-refractivity contribution >= 4 is 17.9 Å². The van der Waals surface area contributed by atoms with Crippen LogP contribution in [0.25, 0.3) is 0 Å². The molecule has 0 radical (unpaired) electrons. The van der Waals surface area contributed by atoms with Crippen LogP contribution < -0.4 is 10.6 Å². The van der Waals surface area contributed by atoms with E-state index >= 15 is 0 Å². The molecule has 0 heterocycles. The van der Waals surface area contributed by atoms with Gasteiger partial charge in [0.15, 0.2) is 0 Å². The monoisotopic (exact) mass is 593 g/mol. The lowest BCUT2D eigenvalue weighted by Gasteiger charge is -2.36. The molecule has 2 rings (SSSR count). The first-order valence-electron chi connectivity index (χ1n) is 16.0. The Labute approximate surface area is 260 Å². The van der Waals surface area contributed by atoms with E-state index in [0.29, 0.717) is 19.5 Å². The minimum atomic E-state index is -0.844. The Bertz CT molecular complexity index is 1140. The number of carbonyl (C=O) groups is 3. The quantitative estimate of drug-likeness (QED) is 0.195. The van der Waals surface area contributed by atoms with E-state index in [1.165, 1.54) is 6.42 Å². The summed E-state index contributed by atoms with van der Waals surface area (Å²) in [5.74, 6) is -0.373. The largest absolute Gasteiger partial charge is 0.444 e. The molecule has 0 saturated carbocycles. The maximum Gasteiger partial charge on any atom is 0.408 e. The summed E-state index contributed by atoms with van der Waals surface area (Å²) in [5.41, 5.74) is 3.00. The first-order valence-corrected chi connectivity index (χ1v) is 16.0. The Morgan fingerprint density at radius 2 is 1.47 bits per heavy atom. The molecule has 0 fully saturated rings. The number of nitrogens with zero attached hydrogens (tertiary/aromatic N) is 1. The summed E-state index contributed by atoms with van der Waals surface area (Å²) in [6, 6.07) is 14.0. The maximum atomic E-state index is 14.5. The first-order chi connectivity index (χ1) is 20.3. The lowest BCUT2D eigenvalue weighted by atomic mass is 9.92. The van der Waals surface area contributed by atoms with Crippen molar-refractivity contribution in [2.45, 2.75) is 125 Å². The summed E-state index contributed by atoms with van der Waals surface area (Å²) < 4.78 is 5.53. The van der Waals surface area contributed by atoms with E-state index in [-0.39, 0.29) is 17.7 Å². The van der Waals surface area contributed by atoms with Crippen LogP contribution in [0, 0.1) is 19.8 Å². The molecule has 0 aromatic heterocycles. The molecular formula is C36H55N3O4. The Morgan fingerprint density at radius 1 is 0.860 bits per heavy atom. The minimum absolute atomic E-state index is 0.130. The fraction of sp³-hybridized carbons (Fsp3) is 0.583. The zero-order chi connectivity index (χ0) is 32.0. The number of amides is 3. The van der Waals surface area contributed by atoms with Gasteiger partial charge in [0.05, 0.1) is 0 Å². The number of alkyl carbamates (subject to hydrolysis) is 1. The van der Waals surface area contributed by atoms with Gasteiger partial charge < -0.3 is 20.3 Å². The van der Waals surface area contributed by atoms with Gasteiger partial charge in [0.1, 0.15) is 17.7 Å². The number of rotatable bonds is 16. The fourth-order valence-corrected chi connectivity index (χ4v) is 5.34. The van der Waals surface area contributed by atoms with Gasteiger partial charge in [0, 0.05) is 13.1 Å². The third kappa shape index (κ3) is 12.4. The third-order valence-corrected chi connectivity index (χ3v) is 7.42. The van der Waals surface area contributed by atoms with E-state index in [1.54, 1.807) is 25.7 Å². The van der Waals surface area contributed by atoms with Crippen LogP contribution in [0.4, 0.5) is 4.79 Å². The lowest BCUT2D eigenvalue weighted by Crippen LogP contribution is -2.53. The number of ether oxygens (including phenoxy) is 1. The van der Waals surface area contributed by atoms with Crippen LogP contribution in [0.2, 0.25) is 0 Å². The van der Waals surface area contributed by atoms with E-state index < -0.39 is 23.8 Å². The Kier molecular flexibility index (Phi) is 14.7. The third-order valence-electron chi connectivity index (χ3n) is 7.42. The number of hydrogen-bond acceptors (Lipinski definition) is 4. The highest BCUT2D eigenvalue weighted by Gasteiger charge is 2.37. The molecule has 7 nitrogen and oxygen atoms in total. The van der Waals surface area contributed by atoms with Gasteiger partial charge in [-0.15, -0.1) is 0 Å². The molecule has 43 heavy (non-hydrogen) atoms.